The first-order valence-corrected chi connectivity index (χ1v) is 10.3. The third-order valence-corrected chi connectivity index (χ3v) is 6.35. The van der Waals surface area contributed by atoms with E-state index in [2.05, 4.69) is 4.98 Å². The Kier molecular flexibility index (Phi) is 4.29. The number of esters is 1. The number of carbonyl (C=O) groups is 1. The lowest BCUT2D eigenvalue weighted by atomic mass is 9.98. The van der Waals surface area contributed by atoms with E-state index in [1.54, 1.807) is 13.0 Å². The van der Waals surface area contributed by atoms with Gasteiger partial charge < -0.3 is 19.5 Å². The predicted molar refractivity (Wildman–Crippen MR) is 110 cm³/mol. The quantitative estimate of drug-likeness (QED) is 0.421. The van der Waals surface area contributed by atoms with E-state index in [-0.39, 0.29) is 35.7 Å². The van der Waals surface area contributed by atoms with Gasteiger partial charge in [0.05, 0.1) is 35.1 Å². The number of ether oxygens (including phenoxy) is 1. The van der Waals surface area contributed by atoms with Gasteiger partial charge in [-0.15, -0.1) is 0 Å². The maximum Gasteiger partial charge on any atom is 0.340 e. The highest BCUT2D eigenvalue weighted by atomic mass is 19.1. The van der Waals surface area contributed by atoms with Crippen molar-refractivity contribution in [2.45, 2.75) is 52.6 Å². The van der Waals surface area contributed by atoms with Gasteiger partial charge >= 0.3 is 5.97 Å². The van der Waals surface area contributed by atoms with E-state index in [1.807, 2.05) is 13.8 Å². The summed E-state index contributed by atoms with van der Waals surface area (Å²) in [6.45, 7) is 5.71. The van der Waals surface area contributed by atoms with Crippen molar-refractivity contribution < 1.29 is 24.1 Å². The summed E-state index contributed by atoms with van der Waals surface area (Å²) in [6, 6.07) is 2.92. The molecule has 4 heterocycles. The topological polar surface area (TPSA) is 102 Å². The molecule has 2 unspecified atom stereocenters. The SMILES string of the molecule is CC.Cc1c(F)cc2nc3c(c4c2c1CC4O)Cn1c-3cc2c(c1=O)COC(=O)C2O. The number of halogens is 1. The van der Waals surface area contributed by atoms with Crippen LogP contribution in [-0.2, 0) is 29.1 Å². The number of aliphatic hydroxyl groups is 2. The Morgan fingerprint density at radius 2 is 1.90 bits per heavy atom. The van der Waals surface area contributed by atoms with Crippen LogP contribution in [0.5, 0.6) is 0 Å². The highest BCUT2D eigenvalue weighted by molar-refractivity contribution is 5.94. The second-order valence-electron chi connectivity index (χ2n) is 7.79. The molecule has 8 heteroatoms. The first-order chi connectivity index (χ1) is 14.9. The van der Waals surface area contributed by atoms with Gasteiger partial charge in [0.1, 0.15) is 12.4 Å². The minimum absolute atomic E-state index is 0.194. The van der Waals surface area contributed by atoms with Crippen LogP contribution < -0.4 is 5.56 Å². The van der Waals surface area contributed by atoms with E-state index in [9.17, 15) is 24.2 Å². The Labute approximate surface area is 176 Å². The van der Waals surface area contributed by atoms with Crippen LogP contribution in [-0.4, -0.2) is 25.7 Å². The molecule has 3 aliphatic rings. The Morgan fingerprint density at radius 3 is 2.65 bits per heavy atom. The molecule has 31 heavy (non-hydrogen) atoms. The fraction of sp³-hybridized carbons (Fsp3) is 0.348. The van der Waals surface area contributed by atoms with Crippen molar-refractivity contribution in [3.05, 3.63) is 61.7 Å². The molecule has 7 nitrogen and oxygen atoms in total. The van der Waals surface area contributed by atoms with E-state index < -0.39 is 18.2 Å². The first-order valence-electron chi connectivity index (χ1n) is 10.3. The van der Waals surface area contributed by atoms with Gasteiger partial charge in [0.15, 0.2) is 6.10 Å². The lowest BCUT2D eigenvalue weighted by Crippen LogP contribution is -2.32. The van der Waals surface area contributed by atoms with Crippen molar-refractivity contribution in [2.24, 2.45) is 0 Å². The van der Waals surface area contributed by atoms with Crippen LogP contribution in [0.3, 0.4) is 0 Å². The number of aromatic nitrogens is 2. The Hall–Kier alpha value is -3.10. The average molecular weight is 424 g/mol. The molecule has 2 aliphatic heterocycles. The Balaban J connectivity index is 0.000000994. The van der Waals surface area contributed by atoms with E-state index in [0.29, 0.717) is 34.5 Å². The molecule has 0 bridgehead atoms. The molecule has 6 rings (SSSR count). The Morgan fingerprint density at radius 1 is 1.16 bits per heavy atom. The second kappa shape index (κ2) is 6.70. The molecule has 0 fully saturated rings. The van der Waals surface area contributed by atoms with Gasteiger partial charge in [-0.3, -0.25) is 4.79 Å². The molecule has 2 N–H and O–H groups in total. The molecule has 3 aromatic rings. The molecular weight excluding hydrogens is 403 g/mol. The van der Waals surface area contributed by atoms with Crippen LogP contribution in [0.2, 0.25) is 0 Å². The van der Waals surface area contributed by atoms with E-state index in [4.69, 9.17) is 4.74 Å². The normalized spacial score (nSPS) is 20.0. The van der Waals surface area contributed by atoms with Crippen molar-refractivity contribution in [3.63, 3.8) is 0 Å². The van der Waals surface area contributed by atoms with Gasteiger partial charge in [0.25, 0.3) is 5.56 Å². The second-order valence-corrected chi connectivity index (χ2v) is 7.79. The van der Waals surface area contributed by atoms with Crippen LogP contribution in [0.4, 0.5) is 4.39 Å². The molecule has 0 saturated carbocycles. The van der Waals surface area contributed by atoms with Gasteiger partial charge in [-0.25, -0.2) is 14.2 Å². The number of pyridine rings is 2. The van der Waals surface area contributed by atoms with Crippen molar-refractivity contribution in [3.8, 4) is 11.4 Å². The van der Waals surface area contributed by atoms with Crippen LogP contribution in [0.15, 0.2) is 16.9 Å². The number of benzene rings is 1. The van der Waals surface area contributed by atoms with Crippen molar-refractivity contribution >= 4 is 16.9 Å². The molecule has 2 atom stereocenters. The molecule has 2 aromatic heterocycles. The first kappa shape index (κ1) is 19.8. The van der Waals surface area contributed by atoms with Crippen LogP contribution in [0.25, 0.3) is 22.3 Å². The summed E-state index contributed by atoms with van der Waals surface area (Å²) in [6.07, 6.45) is -2.04. The minimum Gasteiger partial charge on any atom is -0.458 e. The number of hydrogen-bond donors (Lipinski definition) is 2. The summed E-state index contributed by atoms with van der Waals surface area (Å²) in [5.74, 6) is -1.19. The monoisotopic (exact) mass is 424 g/mol. The summed E-state index contributed by atoms with van der Waals surface area (Å²) in [5, 5.41) is 21.7. The molecule has 160 valence electrons. The summed E-state index contributed by atoms with van der Waals surface area (Å²) in [5.41, 5.74) is 4.05. The number of aliphatic hydroxyl groups excluding tert-OH is 2. The number of cyclic esters (lactones) is 1. The number of hydrogen-bond acceptors (Lipinski definition) is 6. The van der Waals surface area contributed by atoms with Gasteiger partial charge in [0, 0.05) is 29.0 Å². The van der Waals surface area contributed by atoms with Crippen LogP contribution in [0.1, 0.15) is 59.4 Å². The smallest absolute Gasteiger partial charge is 0.340 e. The standard InChI is InChI=1S/C21H15FN2O5.C2H6/c1-7-8-3-15(25)17-10-5-24-14(18(10)23-13(16(8)17)4-12(7)22)2-9-11(20(24)27)6-29-21(28)19(9)26;1-2/h2,4,15,19,25-26H,3,5-6H2,1H3;1-2H3. The number of carbonyl (C=O) groups excluding carboxylic acids is 1. The lowest BCUT2D eigenvalue weighted by Gasteiger charge is -2.21. The molecule has 1 aliphatic carbocycles. The van der Waals surface area contributed by atoms with Gasteiger partial charge in [-0.2, -0.15) is 0 Å². The Bertz CT molecular complexity index is 1360. The van der Waals surface area contributed by atoms with Crippen LogP contribution >= 0.6 is 0 Å². The van der Waals surface area contributed by atoms with Crippen molar-refractivity contribution in [1.29, 1.82) is 0 Å². The van der Waals surface area contributed by atoms with Crippen LogP contribution in [0, 0.1) is 12.7 Å². The van der Waals surface area contributed by atoms with E-state index >= 15 is 0 Å². The van der Waals surface area contributed by atoms with E-state index in [0.717, 1.165) is 16.5 Å². The molecule has 0 spiro atoms. The third kappa shape index (κ3) is 2.49. The minimum atomic E-state index is -1.53. The number of nitrogens with zero attached hydrogens (tertiary/aromatic N) is 2. The molecular formula is C23H21FN2O5. The summed E-state index contributed by atoms with van der Waals surface area (Å²) < 4.78 is 20.8. The molecule has 0 amide bonds. The van der Waals surface area contributed by atoms with Crippen molar-refractivity contribution in [2.75, 3.05) is 0 Å². The zero-order valence-electron chi connectivity index (χ0n) is 17.3. The molecule has 0 radical (unpaired) electrons. The maximum atomic E-state index is 14.4. The van der Waals surface area contributed by atoms with Crippen molar-refractivity contribution in [1.82, 2.24) is 9.55 Å². The average Bonchev–Trinajstić information content (AvgIpc) is 3.30. The van der Waals surface area contributed by atoms with Gasteiger partial charge in [-0.1, -0.05) is 13.8 Å². The lowest BCUT2D eigenvalue weighted by molar-refractivity contribution is -0.157. The fourth-order valence-electron chi connectivity index (χ4n) is 4.89. The summed E-state index contributed by atoms with van der Waals surface area (Å²) in [7, 11) is 0. The largest absolute Gasteiger partial charge is 0.458 e. The predicted octanol–water partition coefficient (Wildman–Crippen LogP) is 2.58. The number of fused-ring (bicyclic) bond motifs is 5. The highest BCUT2D eigenvalue weighted by Crippen LogP contribution is 2.46. The summed E-state index contributed by atoms with van der Waals surface area (Å²) in [4.78, 5) is 29.4. The zero-order valence-corrected chi connectivity index (χ0v) is 17.3. The fourth-order valence-corrected chi connectivity index (χ4v) is 4.89. The third-order valence-electron chi connectivity index (χ3n) is 6.35. The molecule has 1 aromatic carbocycles. The number of rotatable bonds is 0. The maximum absolute atomic E-state index is 14.4. The van der Waals surface area contributed by atoms with Gasteiger partial charge in [0.2, 0.25) is 0 Å². The van der Waals surface area contributed by atoms with E-state index in [1.165, 1.54) is 10.6 Å². The van der Waals surface area contributed by atoms with Gasteiger partial charge in [-0.05, 0) is 29.7 Å². The summed E-state index contributed by atoms with van der Waals surface area (Å²) >= 11 is 0. The highest BCUT2D eigenvalue weighted by Gasteiger charge is 2.37. The zero-order chi connectivity index (χ0) is 22.2. The molecule has 0 saturated heterocycles.